The van der Waals surface area contributed by atoms with Gasteiger partial charge in [-0.3, -0.25) is 4.90 Å². The minimum atomic E-state index is -0.373. The van der Waals surface area contributed by atoms with Crippen LogP contribution < -0.4 is 9.64 Å². The Balaban J connectivity index is 2.22. The standard InChI is InChI=1S/C24H32N2O2/c1-7-23(19(4)17-25(5)6)20-12-11-15-22(16-20)28-24(27)26(18(2)3)21-13-9-8-10-14-21/h7-16,18-19H,17H2,1-6H3/b23-7+. The van der Waals surface area contributed by atoms with Gasteiger partial charge in [-0.05, 0) is 76.2 Å². The highest BCUT2D eigenvalue weighted by atomic mass is 16.6. The number of rotatable bonds is 7. The molecule has 0 fully saturated rings. The van der Waals surface area contributed by atoms with E-state index in [1.54, 1.807) is 4.90 Å². The fourth-order valence-electron chi connectivity index (χ4n) is 3.47. The molecule has 1 atom stereocenters. The summed E-state index contributed by atoms with van der Waals surface area (Å²) >= 11 is 0. The molecule has 0 heterocycles. The van der Waals surface area contributed by atoms with Gasteiger partial charge in [0.25, 0.3) is 0 Å². The average molecular weight is 381 g/mol. The number of carbonyl (C=O) groups excluding carboxylic acids is 1. The molecular formula is C24H32N2O2. The van der Waals surface area contributed by atoms with Crippen LogP contribution in [-0.2, 0) is 0 Å². The lowest BCUT2D eigenvalue weighted by Crippen LogP contribution is -2.39. The molecule has 1 amide bonds. The summed E-state index contributed by atoms with van der Waals surface area (Å²) in [7, 11) is 4.15. The number of hydrogen-bond acceptors (Lipinski definition) is 3. The summed E-state index contributed by atoms with van der Waals surface area (Å²) < 4.78 is 5.74. The topological polar surface area (TPSA) is 32.8 Å². The largest absolute Gasteiger partial charge is 0.419 e. The zero-order valence-corrected chi connectivity index (χ0v) is 17.8. The predicted molar refractivity (Wildman–Crippen MR) is 118 cm³/mol. The van der Waals surface area contributed by atoms with Crippen LogP contribution in [0.25, 0.3) is 5.57 Å². The molecule has 0 aromatic heterocycles. The van der Waals surface area contributed by atoms with Gasteiger partial charge in [0.15, 0.2) is 0 Å². The molecule has 0 aliphatic carbocycles. The van der Waals surface area contributed by atoms with Crippen LogP contribution in [0.5, 0.6) is 5.75 Å². The third kappa shape index (κ3) is 5.70. The number of anilines is 1. The van der Waals surface area contributed by atoms with Crippen molar-refractivity contribution >= 4 is 17.4 Å². The quantitative estimate of drug-likeness (QED) is 0.617. The molecule has 4 heteroatoms. The molecule has 4 nitrogen and oxygen atoms in total. The summed E-state index contributed by atoms with van der Waals surface area (Å²) in [4.78, 5) is 16.7. The highest BCUT2D eigenvalue weighted by Gasteiger charge is 2.21. The third-order valence-corrected chi connectivity index (χ3v) is 4.60. The molecular weight excluding hydrogens is 348 g/mol. The number of benzene rings is 2. The van der Waals surface area contributed by atoms with Crippen LogP contribution in [0.1, 0.15) is 33.3 Å². The molecule has 0 N–H and O–H groups in total. The van der Waals surface area contributed by atoms with E-state index in [1.807, 2.05) is 62.4 Å². The predicted octanol–water partition coefficient (Wildman–Crippen LogP) is 5.70. The van der Waals surface area contributed by atoms with E-state index in [-0.39, 0.29) is 12.1 Å². The van der Waals surface area contributed by atoms with Crippen molar-refractivity contribution < 1.29 is 9.53 Å². The summed E-state index contributed by atoms with van der Waals surface area (Å²) in [6.45, 7) is 9.18. The molecule has 0 aliphatic heterocycles. The molecule has 0 bridgehead atoms. The Morgan fingerprint density at radius 1 is 1.04 bits per heavy atom. The van der Waals surface area contributed by atoms with Gasteiger partial charge >= 0.3 is 6.09 Å². The van der Waals surface area contributed by atoms with Crippen LogP contribution >= 0.6 is 0 Å². The Hall–Kier alpha value is -2.59. The Labute approximate surface area is 169 Å². The van der Waals surface area contributed by atoms with Crippen LogP contribution in [0.2, 0.25) is 0 Å². The van der Waals surface area contributed by atoms with Crippen molar-refractivity contribution in [2.75, 3.05) is 25.5 Å². The molecule has 28 heavy (non-hydrogen) atoms. The lowest BCUT2D eigenvalue weighted by molar-refractivity contribution is 0.206. The van der Waals surface area contributed by atoms with Gasteiger partial charge in [0.2, 0.25) is 0 Å². The van der Waals surface area contributed by atoms with Gasteiger partial charge in [-0.15, -0.1) is 0 Å². The minimum Gasteiger partial charge on any atom is -0.410 e. The van der Waals surface area contributed by atoms with E-state index in [0.29, 0.717) is 11.7 Å². The van der Waals surface area contributed by atoms with Gasteiger partial charge in [-0.2, -0.15) is 0 Å². The van der Waals surface area contributed by atoms with Crippen molar-refractivity contribution in [1.29, 1.82) is 0 Å². The molecule has 0 spiro atoms. The van der Waals surface area contributed by atoms with Crippen LogP contribution in [0.3, 0.4) is 0 Å². The number of ether oxygens (including phenoxy) is 1. The number of nitrogens with zero attached hydrogens (tertiary/aromatic N) is 2. The first-order valence-electron chi connectivity index (χ1n) is 9.81. The van der Waals surface area contributed by atoms with Crippen molar-refractivity contribution in [2.45, 2.75) is 33.7 Å². The fraction of sp³-hybridized carbons (Fsp3) is 0.375. The molecule has 0 saturated carbocycles. The molecule has 1 unspecified atom stereocenters. The number of carbonyl (C=O) groups is 1. The van der Waals surface area contributed by atoms with Crippen LogP contribution in [0, 0.1) is 5.92 Å². The van der Waals surface area contributed by atoms with Gasteiger partial charge < -0.3 is 9.64 Å². The third-order valence-electron chi connectivity index (χ3n) is 4.60. The Kier molecular flexibility index (Phi) is 7.82. The monoisotopic (exact) mass is 380 g/mol. The van der Waals surface area contributed by atoms with E-state index >= 15 is 0 Å². The van der Waals surface area contributed by atoms with Crippen molar-refractivity contribution in [1.82, 2.24) is 4.90 Å². The van der Waals surface area contributed by atoms with Crippen LogP contribution in [0.15, 0.2) is 60.7 Å². The van der Waals surface area contributed by atoms with Crippen LogP contribution in [-0.4, -0.2) is 37.7 Å². The Morgan fingerprint density at radius 3 is 2.29 bits per heavy atom. The maximum atomic E-state index is 12.9. The average Bonchev–Trinajstić information content (AvgIpc) is 2.62. The summed E-state index contributed by atoms with van der Waals surface area (Å²) in [5.74, 6) is 0.933. The second-order valence-electron chi connectivity index (χ2n) is 7.60. The van der Waals surface area contributed by atoms with Gasteiger partial charge in [0.1, 0.15) is 5.75 Å². The Bertz CT molecular complexity index is 797. The smallest absolute Gasteiger partial charge is 0.410 e. The van der Waals surface area contributed by atoms with Gasteiger partial charge in [0.05, 0.1) is 0 Å². The maximum absolute atomic E-state index is 12.9. The van der Waals surface area contributed by atoms with Crippen molar-refractivity contribution in [2.24, 2.45) is 5.92 Å². The Morgan fingerprint density at radius 2 is 1.71 bits per heavy atom. The zero-order valence-electron chi connectivity index (χ0n) is 17.8. The van der Waals surface area contributed by atoms with E-state index < -0.39 is 0 Å². The lowest BCUT2D eigenvalue weighted by Gasteiger charge is -2.26. The molecule has 0 saturated heterocycles. The first kappa shape index (κ1) is 21.7. The lowest BCUT2D eigenvalue weighted by atomic mass is 9.93. The normalized spacial score (nSPS) is 12.9. The SMILES string of the molecule is C/C=C(/c1cccc(OC(=O)N(c2ccccc2)C(C)C)c1)C(C)CN(C)C. The van der Waals surface area contributed by atoms with E-state index in [1.165, 1.54) is 5.57 Å². The van der Waals surface area contributed by atoms with Gasteiger partial charge in [0, 0.05) is 18.3 Å². The van der Waals surface area contributed by atoms with Crippen molar-refractivity contribution in [3.8, 4) is 5.75 Å². The van der Waals surface area contributed by atoms with Gasteiger partial charge in [-0.1, -0.05) is 43.3 Å². The molecule has 0 aliphatic rings. The number of allylic oxidation sites excluding steroid dienone is 1. The number of para-hydroxylation sites is 1. The highest BCUT2D eigenvalue weighted by molar-refractivity contribution is 5.89. The summed E-state index contributed by atoms with van der Waals surface area (Å²) in [5, 5.41) is 0. The molecule has 0 radical (unpaired) electrons. The van der Waals surface area contributed by atoms with E-state index in [2.05, 4.69) is 45.0 Å². The summed E-state index contributed by atoms with van der Waals surface area (Å²) in [5.41, 5.74) is 3.15. The summed E-state index contributed by atoms with van der Waals surface area (Å²) in [6, 6.07) is 17.4. The first-order valence-corrected chi connectivity index (χ1v) is 9.81. The second kappa shape index (κ2) is 10.1. The molecule has 2 rings (SSSR count). The van der Waals surface area contributed by atoms with Crippen molar-refractivity contribution in [3.63, 3.8) is 0 Å². The van der Waals surface area contributed by atoms with Gasteiger partial charge in [-0.25, -0.2) is 4.79 Å². The summed E-state index contributed by atoms with van der Waals surface area (Å²) in [6.07, 6.45) is 1.76. The molecule has 2 aromatic rings. The highest BCUT2D eigenvalue weighted by Crippen LogP contribution is 2.27. The molecule has 150 valence electrons. The number of hydrogen-bond donors (Lipinski definition) is 0. The van der Waals surface area contributed by atoms with Crippen LogP contribution in [0.4, 0.5) is 10.5 Å². The zero-order chi connectivity index (χ0) is 20.7. The van der Waals surface area contributed by atoms with Crippen molar-refractivity contribution in [3.05, 3.63) is 66.2 Å². The van der Waals surface area contributed by atoms with E-state index in [9.17, 15) is 4.79 Å². The van der Waals surface area contributed by atoms with E-state index in [4.69, 9.17) is 4.74 Å². The minimum absolute atomic E-state index is 0.00991. The van der Waals surface area contributed by atoms with E-state index in [0.717, 1.165) is 17.8 Å². The fourth-order valence-corrected chi connectivity index (χ4v) is 3.47. The molecule has 2 aromatic carbocycles. The number of amides is 1. The second-order valence-corrected chi connectivity index (χ2v) is 7.60. The first-order chi connectivity index (χ1) is 13.3. The maximum Gasteiger partial charge on any atom is 0.419 e.